The van der Waals surface area contributed by atoms with Crippen LogP contribution in [-0.2, 0) is 11.3 Å². The van der Waals surface area contributed by atoms with Crippen molar-refractivity contribution in [2.24, 2.45) is 0 Å². The van der Waals surface area contributed by atoms with Crippen LogP contribution in [0.1, 0.15) is 11.4 Å². The SMILES string of the molecule is Cc1ccc(F)cc1NC(=O)Cn1c(C)nc2c(sc3cccc(F)c32)c1=O. The van der Waals surface area contributed by atoms with Crippen molar-refractivity contribution in [1.29, 1.82) is 0 Å². The molecule has 0 bridgehead atoms. The summed E-state index contributed by atoms with van der Waals surface area (Å²) in [5.74, 6) is -1.09. The molecule has 1 amide bonds. The lowest BCUT2D eigenvalue weighted by Gasteiger charge is -2.11. The van der Waals surface area contributed by atoms with Gasteiger partial charge in [0, 0.05) is 10.4 Å². The van der Waals surface area contributed by atoms with Crippen molar-refractivity contribution in [2.75, 3.05) is 5.32 Å². The average Bonchev–Trinajstić information content (AvgIpc) is 3.02. The zero-order valence-electron chi connectivity index (χ0n) is 15.0. The summed E-state index contributed by atoms with van der Waals surface area (Å²) >= 11 is 1.14. The monoisotopic (exact) mass is 399 g/mol. The summed E-state index contributed by atoms with van der Waals surface area (Å²) in [6, 6.07) is 8.71. The summed E-state index contributed by atoms with van der Waals surface area (Å²) in [7, 11) is 0. The van der Waals surface area contributed by atoms with Gasteiger partial charge in [-0.3, -0.25) is 14.2 Å². The zero-order valence-corrected chi connectivity index (χ0v) is 15.9. The van der Waals surface area contributed by atoms with E-state index < -0.39 is 23.1 Å². The Hall–Kier alpha value is -3.13. The molecule has 0 saturated carbocycles. The third-order valence-corrected chi connectivity index (χ3v) is 5.65. The Morgan fingerprint density at radius 3 is 2.79 bits per heavy atom. The number of benzene rings is 2. The quantitative estimate of drug-likeness (QED) is 0.563. The van der Waals surface area contributed by atoms with Crippen LogP contribution in [0, 0.1) is 25.5 Å². The summed E-state index contributed by atoms with van der Waals surface area (Å²) in [5.41, 5.74) is 0.938. The highest BCUT2D eigenvalue weighted by Gasteiger charge is 2.18. The second-order valence-electron chi connectivity index (χ2n) is 6.45. The minimum Gasteiger partial charge on any atom is -0.324 e. The van der Waals surface area contributed by atoms with E-state index in [-0.39, 0.29) is 6.54 Å². The van der Waals surface area contributed by atoms with Crippen LogP contribution in [0.5, 0.6) is 0 Å². The van der Waals surface area contributed by atoms with Gasteiger partial charge in [-0.2, -0.15) is 0 Å². The van der Waals surface area contributed by atoms with Crippen molar-refractivity contribution < 1.29 is 13.6 Å². The maximum atomic E-state index is 14.2. The molecule has 28 heavy (non-hydrogen) atoms. The van der Waals surface area contributed by atoms with Crippen molar-refractivity contribution in [3.63, 3.8) is 0 Å². The maximum absolute atomic E-state index is 14.2. The smallest absolute Gasteiger partial charge is 0.272 e. The van der Waals surface area contributed by atoms with Crippen LogP contribution in [0.4, 0.5) is 14.5 Å². The van der Waals surface area contributed by atoms with Crippen LogP contribution in [-0.4, -0.2) is 15.5 Å². The number of carbonyl (C=O) groups is 1. The summed E-state index contributed by atoms with van der Waals surface area (Å²) in [6.07, 6.45) is 0. The van der Waals surface area contributed by atoms with E-state index in [1.807, 2.05) is 0 Å². The lowest BCUT2D eigenvalue weighted by molar-refractivity contribution is -0.116. The Balaban J connectivity index is 1.74. The van der Waals surface area contributed by atoms with E-state index in [0.29, 0.717) is 37.4 Å². The molecule has 0 atom stereocenters. The van der Waals surface area contributed by atoms with Gasteiger partial charge < -0.3 is 5.32 Å². The number of aromatic nitrogens is 2. The van der Waals surface area contributed by atoms with Crippen LogP contribution in [0.25, 0.3) is 20.3 Å². The van der Waals surface area contributed by atoms with Crippen molar-refractivity contribution in [2.45, 2.75) is 20.4 Å². The molecule has 0 aliphatic carbocycles. The van der Waals surface area contributed by atoms with Gasteiger partial charge in [-0.25, -0.2) is 13.8 Å². The molecule has 0 radical (unpaired) electrons. The Morgan fingerprint density at radius 2 is 2.00 bits per heavy atom. The highest BCUT2D eigenvalue weighted by Crippen LogP contribution is 2.32. The van der Waals surface area contributed by atoms with Crippen LogP contribution in [0.15, 0.2) is 41.2 Å². The third-order valence-electron chi connectivity index (χ3n) is 4.52. The molecule has 0 spiro atoms. The van der Waals surface area contributed by atoms with Crippen LogP contribution in [0.3, 0.4) is 0 Å². The average molecular weight is 399 g/mol. The van der Waals surface area contributed by atoms with Gasteiger partial charge in [-0.15, -0.1) is 11.3 Å². The molecule has 4 aromatic rings. The van der Waals surface area contributed by atoms with E-state index in [9.17, 15) is 18.4 Å². The van der Waals surface area contributed by atoms with E-state index in [1.165, 1.54) is 22.8 Å². The summed E-state index contributed by atoms with van der Waals surface area (Å²) in [6.45, 7) is 3.05. The zero-order chi connectivity index (χ0) is 20.0. The van der Waals surface area contributed by atoms with E-state index in [4.69, 9.17) is 0 Å². The molecule has 0 fully saturated rings. The molecule has 0 saturated heterocycles. The molecule has 1 N–H and O–H groups in total. The van der Waals surface area contributed by atoms with Gasteiger partial charge >= 0.3 is 0 Å². The van der Waals surface area contributed by atoms with Crippen LogP contribution < -0.4 is 10.9 Å². The van der Waals surface area contributed by atoms with Crippen LogP contribution >= 0.6 is 11.3 Å². The summed E-state index contributed by atoms with van der Waals surface area (Å²) in [5, 5.41) is 2.93. The van der Waals surface area contributed by atoms with Gasteiger partial charge in [0.25, 0.3) is 5.56 Å². The number of thiophene rings is 1. The first-order valence-electron chi connectivity index (χ1n) is 8.49. The first-order chi connectivity index (χ1) is 13.3. The van der Waals surface area contributed by atoms with Gasteiger partial charge in [0.05, 0.1) is 10.9 Å². The number of anilines is 1. The Kier molecular flexibility index (Phi) is 4.43. The molecule has 0 aliphatic rings. The van der Waals surface area contributed by atoms with E-state index >= 15 is 0 Å². The topological polar surface area (TPSA) is 64.0 Å². The fourth-order valence-corrected chi connectivity index (χ4v) is 4.19. The van der Waals surface area contributed by atoms with E-state index in [2.05, 4.69) is 10.3 Å². The number of nitrogens with one attached hydrogen (secondary N) is 1. The van der Waals surface area contributed by atoms with Crippen LogP contribution in [0.2, 0.25) is 0 Å². The lowest BCUT2D eigenvalue weighted by atomic mass is 10.2. The lowest BCUT2D eigenvalue weighted by Crippen LogP contribution is -2.30. The van der Waals surface area contributed by atoms with Gasteiger partial charge in [0.2, 0.25) is 5.91 Å². The second kappa shape index (κ2) is 6.79. The highest BCUT2D eigenvalue weighted by molar-refractivity contribution is 7.25. The predicted molar refractivity (Wildman–Crippen MR) is 106 cm³/mol. The fourth-order valence-electron chi connectivity index (χ4n) is 3.08. The number of amides is 1. The van der Waals surface area contributed by atoms with E-state index in [1.54, 1.807) is 32.0 Å². The van der Waals surface area contributed by atoms with Gasteiger partial charge in [-0.1, -0.05) is 12.1 Å². The molecule has 2 aromatic heterocycles. The Bertz CT molecular complexity index is 1310. The number of fused-ring (bicyclic) bond motifs is 3. The molecule has 2 aromatic carbocycles. The Morgan fingerprint density at radius 1 is 1.21 bits per heavy atom. The van der Waals surface area contributed by atoms with Gasteiger partial charge in [-0.05, 0) is 43.7 Å². The van der Waals surface area contributed by atoms with Crippen molar-refractivity contribution in [1.82, 2.24) is 9.55 Å². The second-order valence-corrected chi connectivity index (χ2v) is 7.50. The molecule has 142 valence electrons. The third kappa shape index (κ3) is 3.05. The Labute approximate surface area is 162 Å². The first kappa shape index (κ1) is 18.2. The molecular weight excluding hydrogens is 384 g/mol. The van der Waals surface area contributed by atoms with E-state index in [0.717, 1.165) is 11.3 Å². The predicted octanol–water partition coefficient (Wildman–Crippen LogP) is 4.14. The number of carbonyl (C=O) groups excluding carboxylic acids is 1. The maximum Gasteiger partial charge on any atom is 0.272 e. The first-order valence-corrected chi connectivity index (χ1v) is 9.31. The highest BCUT2D eigenvalue weighted by atomic mass is 32.1. The summed E-state index contributed by atoms with van der Waals surface area (Å²) < 4.78 is 29.8. The number of nitrogens with zero attached hydrogens (tertiary/aromatic N) is 2. The van der Waals surface area contributed by atoms with Gasteiger partial charge in [0.1, 0.15) is 28.7 Å². The van der Waals surface area contributed by atoms with Crippen molar-refractivity contribution >= 4 is 43.2 Å². The molecular formula is C20H15F2N3O2S. The number of aryl methyl sites for hydroxylation is 2. The minimum atomic E-state index is -0.479. The number of hydrogen-bond acceptors (Lipinski definition) is 4. The molecule has 0 unspecified atom stereocenters. The minimum absolute atomic E-state index is 0.277. The molecule has 4 rings (SSSR count). The number of halogens is 2. The standard InChI is InChI=1S/C20H15F2N3O2S/c1-10-6-7-12(21)8-14(10)24-16(26)9-25-11(2)23-18-17-13(22)4-3-5-15(17)28-19(18)20(25)27/h3-8H,9H2,1-2H3,(H,24,26). The largest absolute Gasteiger partial charge is 0.324 e. The number of hydrogen-bond donors (Lipinski definition) is 1. The molecule has 2 heterocycles. The van der Waals surface area contributed by atoms with Crippen molar-refractivity contribution in [3.8, 4) is 0 Å². The number of rotatable bonds is 3. The normalized spacial score (nSPS) is 11.3. The molecule has 0 aliphatic heterocycles. The van der Waals surface area contributed by atoms with Gasteiger partial charge in [0.15, 0.2) is 0 Å². The van der Waals surface area contributed by atoms with Crippen molar-refractivity contribution in [3.05, 3.63) is 69.8 Å². The molecule has 5 nitrogen and oxygen atoms in total. The summed E-state index contributed by atoms with van der Waals surface area (Å²) in [4.78, 5) is 29.7. The fraction of sp³-hybridized carbons (Fsp3) is 0.150. The molecule has 8 heteroatoms.